The first-order valence-electron chi connectivity index (χ1n) is 16.6. The van der Waals surface area contributed by atoms with Crippen molar-refractivity contribution in [2.75, 3.05) is 4.90 Å². The maximum atomic E-state index is 6.92. The average Bonchev–Trinajstić information content (AvgIpc) is 3.74. The fraction of sp³-hybridized carbons (Fsp3) is 0. The van der Waals surface area contributed by atoms with Gasteiger partial charge in [0.25, 0.3) is 0 Å². The van der Waals surface area contributed by atoms with E-state index in [1.807, 2.05) is 12.1 Å². The lowest BCUT2D eigenvalue weighted by atomic mass is 9.95. The van der Waals surface area contributed by atoms with Gasteiger partial charge in [0.1, 0.15) is 16.7 Å². The average molecular weight is 628 g/mol. The van der Waals surface area contributed by atoms with Crippen LogP contribution in [0.4, 0.5) is 17.1 Å². The van der Waals surface area contributed by atoms with E-state index >= 15 is 0 Å². The molecule has 49 heavy (non-hydrogen) atoms. The number of anilines is 3. The van der Waals surface area contributed by atoms with E-state index in [1.54, 1.807) is 0 Å². The van der Waals surface area contributed by atoms with Crippen molar-refractivity contribution in [1.29, 1.82) is 0 Å². The first-order valence-corrected chi connectivity index (χ1v) is 16.6. The largest absolute Gasteiger partial charge is 0.456 e. The molecule has 8 aromatic carbocycles. The van der Waals surface area contributed by atoms with Crippen molar-refractivity contribution in [2.24, 2.45) is 0 Å². The highest BCUT2D eigenvalue weighted by molar-refractivity contribution is 6.21. The molecule has 0 fully saturated rings. The minimum atomic E-state index is 0.859. The van der Waals surface area contributed by atoms with E-state index < -0.39 is 0 Å². The Morgan fingerprint density at radius 3 is 1.76 bits per heavy atom. The van der Waals surface area contributed by atoms with Gasteiger partial charge in [0.2, 0.25) is 0 Å². The van der Waals surface area contributed by atoms with E-state index in [-0.39, 0.29) is 0 Å². The van der Waals surface area contributed by atoms with E-state index in [4.69, 9.17) is 8.83 Å². The third-order valence-corrected chi connectivity index (χ3v) is 9.66. The second kappa shape index (κ2) is 11.0. The van der Waals surface area contributed by atoms with Gasteiger partial charge >= 0.3 is 0 Å². The molecule has 0 saturated carbocycles. The van der Waals surface area contributed by atoms with Crippen LogP contribution in [0, 0.1) is 0 Å². The molecule has 0 amide bonds. The van der Waals surface area contributed by atoms with E-state index in [1.165, 1.54) is 16.5 Å². The molecule has 0 aliphatic rings. The highest BCUT2D eigenvalue weighted by Crippen LogP contribution is 2.45. The zero-order valence-electron chi connectivity index (χ0n) is 26.5. The Bertz CT molecular complexity index is 2810. The molecule has 0 atom stereocenters. The smallest absolute Gasteiger partial charge is 0.159 e. The molecule has 0 bridgehead atoms. The van der Waals surface area contributed by atoms with Crippen molar-refractivity contribution in [3.63, 3.8) is 0 Å². The lowest BCUT2D eigenvalue weighted by Gasteiger charge is -2.25. The highest BCUT2D eigenvalue weighted by Gasteiger charge is 2.21. The summed E-state index contributed by atoms with van der Waals surface area (Å²) in [5.74, 6) is 0. The van der Waals surface area contributed by atoms with Crippen LogP contribution in [0.2, 0.25) is 0 Å². The van der Waals surface area contributed by atoms with Crippen LogP contribution >= 0.6 is 0 Å². The summed E-state index contributed by atoms with van der Waals surface area (Å²) in [6.07, 6.45) is 0. The fourth-order valence-corrected chi connectivity index (χ4v) is 7.35. The Morgan fingerprint density at radius 2 is 0.939 bits per heavy atom. The summed E-state index contributed by atoms with van der Waals surface area (Å²) in [6.45, 7) is 0. The van der Waals surface area contributed by atoms with Gasteiger partial charge in [-0.05, 0) is 82.2 Å². The number of para-hydroxylation sites is 3. The molecule has 0 saturated heterocycles. The van der Waals surface area contributed by atoms with Gasteiger partial charge < -0.3 is 13.7 Å². The Kier molecular flexibility index (Phi) is 6.18. The molecular formula is C46H29NO2. The summed E-state index contributed by atoms with van der Waals surface area (Å²) < 4.78 is 13.0. The molecular weight excluding hydrogens is 599 g/mol. The molecule has 0 spiro atoms. The van der Waals surface area contributed by atoms with Crippen LogP contribution in [0.15, 0.2) is 185 Å². The molecule has 0 aliphatic carbocycles. The molecule has 10 aromatic rings. The van der Waals surface area contributed by atoms with Gasteiger partial charge in [-0.2, -0.15) is 0 Å². The lowest BCUT2D eigenvalue weighted by molar-refractivity contribution is 0.669. The molecule has 2 aromatic heterocycles. The highest BCUT2D eigenvalue weighted by atomic mass is 16.3. The monoisotopic (exact) mass is 627 g/mol. The second-order valence-corrected chi connectivity index (χ2v) is 12.5. The van der Waals surface area contributed by atoms with Gasteiger partial charge in [-0.1, -0.05) is 121 Å². The molecule has 2 heterocycles. The summed E-state index contributed by atoms with van der Waals surface area (Å²) in [5, 5.41) is 6.75. The maximum Gasteiger partial charge on any atom is 0.159 e. The molecule has 0 unspecified atom stereocenters. The molecule has 0 N–H and O–H groups in total. The minimum absolute atomic E-state index is 0.859. The standard InChI is InChI=1S/C46H29NO2/c1-3-12-31(13-4-1)39-29-41-38-19-11-20-42(46(38)49-45(41)37-18-8-7-16-35(37)39)47(33-14-5-2-6-15-33)34-25-22-30(23-26-34)32-24-27-44-40(28-32)36-17-9-10-21-43(36)48-44/h1-29H. The van der Waals surface area contributed by atoms with Crippen LogP contribution in [-0.4, -0.2) is 0 Å². The Hall–Kier alpha value is -6.58. The van der Waals surface area contributed by atoms with Crippen molar-refractivity contribution < 1.29 is 8.83 Å². The van der Waals surface area contributed by atoms with E-state index in [2.05, 4.69) is 169 Å². The molecule has 10 rings (SSSR count). The van der Waals surface area contributed by atoms with Gasteiger partial charge in [-0.3, -0.25) is 0 Å². The van der Waals surface area contributed by atoms with Crippen molar-refractivity contribution in [1.82, 2.24) is 0 Å². The molecule has 230 valence electrons. The van der Waals surface area contributed by atoms with Gasteiger partial charge in [-0.15, -0.1) is 0 Å². The van der Waals surface area contributed by atoms with Gasteiger partial charge in [0.05, 0.1) is 5.69 Å². The lowest BCUT2D eigenvalue weighted by Crippen LogP contribution is -2.10. The normalized spacial score (nSPS) is 11.7. The van der Waals surface area contributed by atoms with Crippen molar-refractivity contribution in [2.45, 2.75) is 0 Å². The van der Waals surface area contributed by atoms with Crippen molar-refractivity contribution >= 4 is 71.7 Å². The molecule has 3 nitrogen and oxygen atoms in total. The Labute approximate surface area is 282 Å². The molecule has 0 radical (unpaired) electrons. The quantitative estimate of drug-likeness (QED) is 0.190. The number of rotatable bonds is 5. The first-order chi connectivity index (χ1) is 24.3. The summed E-state index contributed by atoms with van der Waals surface area (Å²) in [6, 6.07) is 61.9. The zero-order valence-corrected chi connectivity index (χ0v) is 26.5. The number of furan rings is 2. The van der Waals surface area contributed by atoms with E-state index in [0.717, 1.165) is 77.5 Å². The topological polar surface area (TPSA) is 29.5 Å². The Morgan fingerprint density at radius 1 is 0.327 bits per heavy atom. The van der Waals surface area contributed by atoms with Crippen LogP contribution in [0.3, 0.4) is 0 Å². The molecule has 3 heteroatoms. The van der Waals surface area contributed by atoms with Gasteiger partial charge in [-0.25, -0.2) is 0 Å². The number of hydrogen-bond donors (Lipinski definition) is 0. The summed E-state index contributed by atoms with van der Waals surface area (Å²) in [7, 11) is 0. The van der Waals surface area contributed by atoms with Crippen molar-refractivity contribution in [3.8, 4) is 22.3 Å². The number of fused-ring (bicyclic) bond motifs is 8. The predicted molar refractivity (Wildman–Crippen MR) is 204 cm³/mol. The van der Waals surface area contributed by atoms with Crippen LogP contribution in [-0.2, 0) is 0 Å². The molecule has 0 aliphatic heterocycles. The first kappa shape index (κ1) is 27.5. The van der Waals surface area contributed by atoms with Crippen molar-refractivity contribution in [3.05, 3.63) is 176 Å². The fourth-order valence-electron chi connectivity index (χ4n) is 7.35. The third-order valence-electron chi connectivity index (χ3n) is 9.66. The third kappa shape index (κ3) is 4.44. The SMILES string of the molecule is c1ccc(-c2cc3c4cccc(N(c5ccccc5)c5ccc(-c6ccc7oc8ccccc8c7c6)cc5)c4oc3c3ccccc23)cc1. The van der Waals surface area contributed by atoms with Crippen LogP contribution < -0.4 is 4.90 Å². The second-order valence-electron chi connectivity index (χ2n) is 12.5. The zero-order chi connectivity index (χ0) is 32.3. The number of hydrogen-bond acceptors (Lipinski definition) is 3. The van der Waals surface area contributed by atoms with Crippen LogP contribution in [0.1, 0.15) is 0 Å². The number of benzene rings is 8. The minimum Gasteiger partial charge on any atom is -0.456 e. The van der Waals surface area contributed by atoms with E-state index in [0.29, 0.717) is 0 Å². The van der Waals surface area contributed by atoms with Crippen LogP contribution in [0.25, 0.3) is 76.9 Å². The maximum absolute atomic E-state index is 6.92. The predicted octanol–water partition coefficient (Wildman–Crippen LogP) is 13.4. The van der Waals surface area contributed by atoms with E-state index in [9.17, 15) is 0 Å². The van der Waals surface area contributed by atoms with Crippen LogP contribution in [0.5, 0.6) is 0 Å². The summed E-state index contributed by atoms with van der Waals surface area (Å²) in [4.78, 5) is 2.29. The van der Waals surface area contributed by atoms with Gasteiger partial charge in [0.15, 0.2) is 5.58 Å². The summed E-state index contributed by atoms with van der Waals surface area (Å²) in [5.41, 5.74) is 11.4. The number of nitrogens with zero attached hydrogens (tertiary/aromatic N) is 1. The van der Waals surface area contributed by atoms with Gasteiger partial charge in [0, 0.05) is 38.3 Å². The Balaban J connectivity index is 1.14. The summed E-state index contributed by atoms with van der Waals surface area (Å²) >= 11 is 0.